The summed E-state index contributed by atoms with van der Waals surface area (Å²) >= 11 is 0. The van der Waals surface area contributed by atoms with Gasteiger partial charge < -0.3 is 0 Å². The normalized spacial score (nSPS) is 15.8. The Morgan fingerprint density at radius 3 is 1.87 bits per heavy atom. The molecule has 0 fully saturated rings. The van der Waals surface area contributed by atoms with Crippen molar-refractivity contribution in [3.8, 4) is 0 Å². The molecule has 0 aliphatic carbocycles. The molecule has 0 aliphatic rings. The zero-order valence-corrected chi connectivity index (χ0v) is 24.7. The second kappa shape index (κ2) is 17.3. The predicted octanol–water partition coefficient (Wildman–Crippen LogP) is 10.2. The Morgan fingerprint density at radius 2 is 1.32 bits per heavy atom. The third-order valence-electron chi connectivity index (χ3n) is 8.27. The molecule has 3 unspecified atom stereocenters. The zero-order valence-electron chi connectivity index (χ0n) is 24.7. The lowest BCUT2D eigenvalue weighted by Gasteiger charge is -2.40. The lowest BCUT2D eigenvalue weighted by molar-refractivity contribution is -0.242. The van der Waals surface area contributed by atoms with Gasteiger partial charge in [-0.15, -0.1) is 0 Å². The Hall–Kier alpha value is -1.40. The van der Waals surface area contributed by atoms with Crippen LogP contribution in [0.4, 0.5) is 17.6 Å². The largest absolute Gasteiger partial charge is 0.312 e. The summed E-state index contributed by atoms with van der Waals surface area (Å²) in [5.41, 5.74) is -0.707. The number of halogens is 4. The van der Waals surface area contributed by atoms with Crippen LogP contribution < -0.4 is 5.56 Å². The van der Waals surface area contributed by atoms with Crippen molar-refractivity contribution in [1.29, 1.82) is 0 Å². The SMILES string of the molecule is CCCCCCCC(CCCC)CC(C)(CC(CCCCCC)C(F)(F)C(F)(F)CC)c1ccc(=O)[nH]n1. The van der Waals surface area contributed by atoms with E-state index in [9.17, 15) is 13.6 Å². The summed E-state index contributed by atoms with van der Waals surface area (Å²) in [6.07, 6.45) is 12.6. The fraction of sp³-hybridized carbons (Fsp3) is 0.871. The average molecular weight is 547 g/mol. The number of nitrogens with one attached hydrogen (secondary N) is 1. The molecule has 0 aromatic carbocycles. The molecule has 1 N–H and O–H groups in total. The van der Waals surface area contributed by atoms with E-state index in [0.29, 0.717) is 18.5 Å². The van der Waals surface area contributed by atoms with Crippen LogP contribution in [0.3, 0.4) is 0 Å². The molecule has 1 aromatic heterocycles. The first-order valence-corrected chi connectivity index (χ1v) is 15.3. The minimum atomic E-state index is -4.11. The average Bonchev–Trinajstić information content (AvgIpc) is 2.88. The van der Waals surface area contributed by atoms with E-state index in [4.69, 9.17) is 0 Å². The summed E-state index contributed by atoms with van der Waals surface area (Å²) in [6, 6.07) is 2.96. The molecule has 0 radical (unpaired) electrons. The van der Waals surface area contributed by atoms with Crippen molar-refractivity contribution in [3.63, 3.8) is 0 Å². The first kappa shape index (κ1) is 34.6. The van der Waals surface area contributed by atoms with Crippen LogP contribution in [0, 0.1) is 11.8 Å². The van der Waals surface area contributed by atoms with Gasteiger partial charge in [0.25, 0.3) is 5.56 Å². The van der Waals surface area contributed by atoms with E-state index >= 15 is 8.78 Å². The van der Waals surface area contributed by atoms with Crippen molar-refractivity contribution < 1.29 is 17.6 Å². The fourth-order valence-corrected chi connectivity index (χ4v) is 5.80. The lowest BCUT2D eigenvalue weighted by Crippen LogP contribution is -2.48. The van der Waals surface area contributed by atoms with E-state index in [0.717, 1.165) is 64.7 Å². The summed E-state index contributed by atoms with van der Waals surface area (Å²) in [4.78, 5) is 11.8. The fourth-order valence-electron chi connectivity index (χ4n) is 5.80. The molecule has 3 nitrogen and oxygen atoms in total. The van der Waals surface area contributed by atoms with Gasteiger partial charge in [0.1, 0.15) is 0 Å². The maximum Gasteiger partial charge on any atom is 0.312 e. The van der Waals surface area contributed by atoms with Crippen molar-refractivity contribution in [2.45, 2.75) is 161 Å². The van der Waals surface area contributed by atoms with E-state index in [2.05, 4.69) is 24.0 Å². The molecule has 0 saturated carbocycles. The molecule has 0 saturated heterocycles. The standard InChI is InChI=1S/C31H54F4N2O/c1-6-10-13-15-16-19-25(18-12-8-3)23-29(5,27-21-22-28(38)37-36-27)24-26(20-17-14-11-7-2)31(34,35)30(32,33)9-4/h21-22,25-26H,6-20,23-24H2,1-5H3,(H,37,38). The third kappa shape index (κ3) is 11.0. The molecule has 1 rings (SSSR count). The first-order chi connectivity index (χ1) is 18.0. The maximum absolute atomic E-state index is 15.5. The second-order valence-corrected chi connectivity index (χ2v) is 11.7. The summed E-state index contributed by atoms with van der Waals surface area (Å²) in [5, 5.41) is 6.72. The molecule has 0 amide bonds. The van der Waals surface area contributed by atoms with Crippen LogP contribution in [0.5, 0.6) is 0 Å². The number of aromatic amines is 1. The van der Waals surface area contributed by atoms with Crippen LogP contribution >= 0.6 is 0 Å². The molecule has 0 bridgehead atoms. The van der Waals surface area contributed by atoms with E-state index in [-0.39, 0.29) is 24.3 Å². The Labute approximate surface area is 229 Å². The van der Waals surface area contributed by atoms with E-state index < -0.39 is 29.6 Å². The molecule has 3 atom stereocenters. The molecule has 0 spiro atoms. The summed E-state index contributed by atoms with van der Waals surface area (Å²) in [7, 11) is 0. The summed E-state index contributed by atoms with van der Waals surface area (Å²) < 4.78 is 60.4. The zero-order chi connectivity index (χ0) is 28.7. The van der Waals surface area contributed by atoms with Gasteiger partial charge in [0.2, 0.25) is 0 Å². The number of aromatic nitrogens is 2. The van der Waals surface area contributed by atoms with E-state index in [1.807, 2.05) is 13.8 Å². The predicted molar refractivity (Wildman–Crippen MR) is 150 cm³/mol. The number of hydrogen-bond donors (Lipinski definition) is 1. The van der Waals surface area contributed by atoms with Gasteiger partial charge in [-0.3, -0.25) is 4.79 Å². The van der Waals surface area contributed by atoms with E-state index in [1.54, 1.807) is 6.07 Å². The molecule has 0 aliphatic heterocycles. The highest BCUT2D eigenvalue weighted by Crippen LogP contribution is 2.50. The van der Waals surface area contributed by atoms with Gasteiger partial charge >= 0.3 is 11.8 Å². The van der Waals surface area contributed by atoms with Gasteiger partial charge in [0, 0.05) is 23.8 Å². The van der Waals surface area contributed by atoms with Crippen molar-refractivity contribution in [2.75, 3.05) is 0 Å². The highest BCUT2D eigenvalue weighted by molar-refractivity contribution is 5.15. The van der Waals surface area contributed by atoms with Crippen LogP contribution in [0.25, 0.3) is 0 Å². The molecule has 1 heterocycles. The topological polar surface area (TPSA) is 45.8 Å². The van der Waals surface area contributed by atoms with Crippen molar-refractivity contribution >= 4 is 0 Å². The van der Waals surface area contributed by atoms with Crippen molar-refractivity contribution in [1.82, 2.24) is 10.2 Å². The highest BCUT2D eigenvalue weighted by Gasteiger charge is 2.60. The quantitative estimate of drug-likeness (QED) is 0.116. The minimum Gasteiger partial charge on any atom is -0.268 e. The number of hydrogen-bond acceptors (Lipinski definition) is 2. The van der Waals surface area contributed by atoms with E-state index in [1.165, 1.54) is 25.3 Å². The monoisotopic (exact) mass is 546 g/mol. The van der Waals surface area contributed by atoms with Crippen LogP contribution in [0.2, 0.25) is 0 Å². The van der Waals surface area contributed by atoms with Crippen LogP contribution in [-0.2, 0) is 5.41 Å². The van der Waals surface area contributed by atoms with Gasteiger partial charge in [-0.25, -0.2) is 5.10 Å². The molecule has 222 valence electrons. The molecular formula is C31H54F4N2O. The van der Waals surface area contributed by atoms with Crippen LogP contribution in [0.15, 0.2) is 16.9 Å². The van der Waals surface area contributed by atoms with Gasteiger partial charge in [0.05, 0.1) is 5.69 Å². The van der Waals surface area contributed by atoms with Crippen LogP contribution in [0.1, 0.15) is 149 Å². The number of nitrogens with zero attached hydrogens (tertiary/aromatic N) is 1. The molecular weight excluding hydrogens is 492 g/mol. The maximum atomic E-state index is 15.5. The van der Waals surface area contributed by atoms with Gasteiger partial charge in [-0.1, -0.05) is 118 Å². The Balaban J connectivity index is 3.35. The minimum absolute atomic E-state index is 0.0537. The number of H-pyrrole nitrogens is 1. The Bertz CT molecular complexity index is 793. The highest BCUT2D eigenvalue weighted by atomic mass is 19.3. The summed E-state index contributed by atoms with van der Waals surface area (Å²) in [5.74, 6) is -9.36. The van der Waals surface area contributed by atoms with Crippen molar-refractivity contribution in [2.24, 2.45) is 11.8 Å². The van der Waals surface area contributed by atoms with Gasteiger partial charge in [-0.05, 0) is 31.2 Å². The van der Waals surface area contributed by atoms with Gasteiger partial charge in [-0.2, -0.15) is 22.7 Å². The number of alkyl halides is 4. The summed E-state index contributed by atoms with van der Waals surface area (Å²) in [6.45, 7) is 9.38. The third-order valence-corrected chi connectivity index (χ3v) is 8.27. The van der Waals surface area contributed by atoms with Crippen molar-refractivity contribution in [3.05, 3.63) is 28.2 Å². The molecule has 7 heteroatoms. The number of unbranched alkanes of at least 4 members (excludes halogenated alkanes) is 8. The van der Waals surface area contributed by atoms with Crippen LogP contribution in [-0.4, -0.2) is 22.0 Å². The molecule has 1 aromatic rings. The Kier molecular flexibility index (Phi) is 15.8. The Morgan fingerprint density at radius 1 is 0.763 bits per heavy atom. The first-order valence-electron chi connectivity index (χ1n) is 15.3. The number of rotatable bonds is 22. The second-order valence-electron chi connectivity index (χ2n) is 11.7. The smallest absolute Gasteiger partial charge is 0.268 e. The molecule has 38 heavy (non-hydrogen) atoms. The lowest BCUT2D eigenvalue weighted by atomic mass is 9.68. The van der Waals surface area contributed by atoms with Gasteiger partial charge in [0.15, 0.2) is 0 Å².